The normalized spacial score (nSPS) is 23.8. The number of hydrogen-bond acceptors (Lipinski definition) is 5. The molecule has 29 heavy (non-hydrogen) atoms. The maximum Gasteiger partial charge on any atom is 0.126 e. The van der Waals surface area contributed by atoms with Crippen LogP contribution in [0.25, 0.3) is 10.9 Å². The van der Waals surface area contributed by atoms with E-state index in [-0.39, 0.29) is 5.82 Å². The molecule has 2 saturated heterocycles. The first-order valence-corrected chi connectivity index (χ1v) is 11.8. The van der Waals surface area contributed by atoms with Crippen molar-refractivity contribution in [3.63, 3.8) is 0 Å². The highest BCUT2D eigenvalue weighted by molar-refractivity contribution is 8.14. The molecule has 1 aromatic carbocycles. The van der Waals surface area contributed by atoms with Crippen LogP contribution in [0.15, 0.2) is 23.2 Å². The Bertz CT molecular complexity index is 886. The Hall–Kier alpha value is -1.57. The fourth-order valence-electron chi connectivity index (χ4n) is 4.55. The van der Waals surface area contributed by atoms with Crippen molar-refractivity contribution in [1.82, 2.24) is 9.88 Å². The molecule has 0 spiro atoms. The average molecular weight is 417 g/mol. The summed E-state index contributed by atoms with van der Waals surface area (Å²) in [5.74, 6) is 0.835. The first-order chi connectivity index (χ1) is 14.2. The summed E-state index contributed by atoms with van der Waals surface area (Å²) >= 11 is 1.82. The fraction of sp³-hybridized carbons (Fsp3) is 0.591. The minimum Gasteiger partial charge on any atom is -0.381 e. The van der Waals surface area contributed by atoms with Gasteiger partial charge < -0.3 is 19.9 Å². The van der Waals surface area contributed by atoms with Crippen LogP contribution < -0.4 is 5.32 Å². The maximum absolute atomic E-state index is 14.2. The van der Waals surface area contributed by atoms with Gasteiger partial charge in [-0.05, 0) is 63.4 Å². The topological polar surface area (TPSA) is 52.6 Å². The molecule has 0 saturated carbocycles. The lowest BCUT2D eigenvalue weighted by molar-refractivity contribution is 0.0905. The second kappa shape index (κ2) is 8.66. The number of benzene rings is 1. The molecule has 5 rings (SSSR count). The number of halogens is 1. The van der Waals surface area contributed by atoms with Gasteiger partial charge in [-0.1, -0.05) is 0 Å². The van der Waals surface area contributed by atoms with Crippen molar-refractivity contribution in [2.75, 3.05) is 43.9 Å². The number of rotatable bonds is 6. The van der Waals surface area contributed by atoms with Crippen LogP contribution in [0.1, 0.15) is 37.8 Å². The molecule has 0 bridgehead atoms. The van der Waals surface area contributed by atoms with E-state index in [0.717, 1.165) is 72.1 Å². The second-order valence-corrected chi connectivity index (χ2v) is 9.38. The van der Waals surface area contributed by atoms with Gasteiger partial charge in [0.1, 0.15) is 10.9 Å². The van der Waals surface area contributed by atoms with E-state index in [1.54, 1.807) is 12.1 Å². The Morgan fingerprint density at radius 1 is 1.21 bits per heavy atom. The minimum atomic E-state index is -0.206. The van der Waals surface area contributed by atoms with E-state index >= 15 is 0 Å². The minimum absolute atomic E-state index is 0.206. The number of H-pyrrole nitrogens is 1. The molecular formula is C22H29FN4OS. The van der Waals surface area contributed by atoms with Crippen LogP contribution in [-0.4, -0.2) is 65.6 Å². The van der Waals surface area contributed by atoms with Gasteiger partial charge in [-0.2, -0.15) is 0 Å². The van der Waals surface area contributed by atoms with Crippen molar-refractivity contribution in [1.29, 1.82) is 0 Å². The Kier molecular flexibility index (Phi) is 5.79. The SMILES string of the molecule is Fc1cc(NC2CCOCC2)c2[nH]c(C3=N[C@H](CCN4CCCC4)CS3)cc2c1. The van der Waals surface area contributed by atoms with Crippen LogP contribution in [0.4, 0.5) is 10.1 Å². The first-order valence-electron chi connectivity index (χ1n) is 10.8. The molecule has 0 unspecified atom stereocenters. The van der Waals surface area contributed by atoms with E-state index in [0.29, 0.717) is 12.1 Å². The van der Waals surface area contributed by atoms with Gasteiger partial charge in [0.15, 0.2) is 0 Å². The number of nitrogens with one attached hydrogen (secondary N) is 2. The largest absolute Gasteiger partial charge is 0.381 e. The number of anilines is 1. The summed E-state index contributed by atoms with van der Waals surface area (Å²) in [4.78, 5) is 11.0. The molecule has 2 N–H and O–H groups in total. The van der Waals surface area contributed by atoms with Crippen LogP contribution in [0.3, 0.4) is 0 Å². The molecule has 4 heterocycles. The standard InChI is InChI=1S/C22H29FN4OS/c23-16-11-15-12-20(22-25-18(14-29-22)3-8-27-6-1-2-7-27)26-21(15)19(13-16)24-17-4-9-28-10-5-17/h11-13,17-18,24,26H,1-10,14H2/t18-/m1/s1. The third-order valence-corrected chi connectivity index (χ3v) is 7.34. The molecule has 2 fully saturated rings. The lowest BCUT2D eigenvalue weighted by Crippen LogP contribution is -2.27. The molecule has 5 nitrogen and oxygen atoms in total. The third kappa shape index (κ3) is 4.47. The van der Waals surface area contributed by atoms with E-state index in [1.165, 1.54) is 25.9 Å². The van der Waals surface area contributed by atoms with Gasteiger partial charge >= 0.3 is 0 Å². The summed E-state index contributed by atoms with van der Waals surface area (Å²) in [5.41, 5.74) is 2.82. The highest BCUT2D eigenvalue weighted by Crippen LogP contribution is 2.31. The molecule has 7 heteroatoms. The summed E-state index contributed by atoms with van der Waals surface area (Å²) < 4.78 is 19.7. The predicted molar refractivity (Wildman–Crippen MR) is 119 cm³/mol. The number of thioether (sulfide) groups is 1. The first kappa shape index (κ1) is 19.4. The third-order valence-electron chi connectivity index (χ3n) is 6.19. The van der Waals surface area contributed by atoms with Crippen molar-refractivity contribution >= 4 is 33.4 Å². The fourth-order valence-corrected chi connectivity index (χ4v) is 5.63. The number of aromatic amines is 1. The number of hydrogen-bond donors (Lipinski definition) is 2. The Morgan fingerprint density at radius 3 is 2.86 bits per heavy atom. The number of fused-ring (bicyclic) bond motifs is 1. The zero-order valence-electron chi connectivity index (χ0n) is 16.8. The summed E-state index contributed by atoms with van der Waals surface area (Å²) in [6, 6.07) is 5.96. The van der Waals surface area contributed by atoms with Crippen LogP contribution in [0.2, 0.25) is 0 Å². The van der Waals surface area contributed by atoms with Gasteiger partial charge in [0.2, 0.25) is 0 Å². The zero-order chi connectivity index (χ0) is 19.6. The Balaban J connectivity index is 1.32. The van der Waals surface area contributed by atoms with Gasteiger partial charge in [-0.15, -0.1) is 11.8 Å². The predicted octanol–water partition coefficient (Wildman–Crippen LogP) is 4.25. The Labute approximate surface area is 175 Å². The molecule has 0 radical (unpaired) electrons. The quantitative estimate of drug-likeness (QED) is 0.739. The van der Waals surface area contributed by atoms with Gasteiger partial charge in [-0.3, -0.25) is 4.99 Å². The average Bonchev–Trinajstić information content (AvgIpc) is 3.47. The highest BCUT2D eigenvalue weighted by Gasteiger charge is 2.23. The van der Waals surface area contributed by atoms with E-state index in [9.17, 15) is 4.39 Å². The number of likely N-dealkylation sites (tertiary alicyclic amines) is 1. The Morgan fingerprint density at radius 2 is 2.03 bits per heavy atom. The highest BCUT2D eigenvalue weighted by atomic mass is 32.2. The molecule has 1 atom stereocenters. The monoisotopic (exact) mass is 416 g/mol. The van der Waals surface area contributed by atoms with Crippen LogP contribution in [0.5, 0.6) is 0 Å². The van der Waals surface area contributed by atoms with Crippen LogP contribution in [0, 0.1) is 5.82 Å². The zero-order valence-corrected chi connectivity index (χ0v) is 17.6. The van der Waals surface area contributed by atoms with Gasteiger partial charge in [-0.25, -0.2) is 4.39 Å². The van der Waals surface area contributed by atoms with Crippen molar-refractivity contribution < 1.29 is 9.13 Å². The molecule has 2 aromatic rings. The van der Waals surface area contributed by atoms with Gasteiger partial charge in [0.05, 0.1) is 22.9 Å². The van der Waals surface area contributed by atoms with E-state index in [2.05, 4.69) is 15.2 Å². The number of aromatic nitrogens is 1. The smallest absolute Gasteiger partial charge is 0.126 e. The van der Waals surface area contributed by atoms with E-state index in [4.69, 9.17) is 9.73 Å². The molecule has 0 aliphatic carbocycles. The summed E-state index contributed by atoms with van der Waals surface area (Å²) in [5, 5.41) is 5.49. The van der Waals surface area contributed by atoms with Gasteiger partial charge in [0, 0.05) is 36.9 Å². The summed E-state index contributed by atoms with van der Waals surface area (Å²) in [6.07, 6.45) is 5.70. The maximum atomic E-state index is 14.2. The number of aliphatic imine (C=N–C) groups is 1. The van der Waals surface area contributed by atoms with E-state index in [1.807, 2.05) is 17.8 Å². The van der Waals surface area contributed by atoms with Crippen molar-refractivity contribution in [3.05, 3.63) is 29.7 Å². The lowest BCUT2D eigenvalue weighted by atomic mass is 10.1. The van der Waals surface area contributed by atoms with Crippen molar-refractivity contribution in [2.45, 2.75) is 44.2 Å². The molecular weight excluding hydrogens is 387 g/mol. The lowest BCUT2D eigenvalue weighted by Gasteiger charge is -2.24. The molecule has 156 valence electrons. The molecule has 1 aromatic heterocycles. The second-order valence-electron chi connectivity index (χ2n) is 8.37. The van der Waals surface area contributed by atoms with E-state index < -0.39 is 0 Å². The molecule has 3 aliphatic heterocycles. The molecule has 0 amide bonds. The summed E-state index contributed by atoms with van der Waals surface area (Å²) in [6.45, 7) is 5.16. The summed E-state index contributed by atoms with van der Waals surface area (Å²) in [7, 11) is 0. The van der Waals surface area contributed by atoms with Crippen molar-refractivity contribution in [2.24, 2.45) is 4.99 Å². The van der Waals surface area contributed by atoms with Crippen LogP contribution >= 0.6 is 11.8 Å². The van der Waals surface area contributed by atoms with Gasteiger partial charge in [0.25, 0.3) is 0 Å². The number of ether oxygens (including phenoxy) is 1. The molecule has 3 aliphatic rings. The van der Waals surface area contributed by atoms with Crippen molar-refractivity contribution in [3.8, 4) is 0 Å². The van der Waals surface area contributed by atoms with Crippen LogP contribution in [-0.2, 0) is 4.74 Å². The number of nitrogens with zero attached hydrogens (tertiary/aromatic N) is 2.